The van der Waals surface area contributed by atoms with Crippen molar-refractivity contribution in [2.24, 2.45) is 0 Å². The molecule has 0 bridgehead atoms. The van der Waals surface area contributed by atoms with Gasteiger partial charge in [-0.05, 0) is 49.2 Å². The number of carbonyl (C=O) groups is 2. The van der Waals surface area contributed by atoms with Crippen LogP contribution in [0.15, 0.2) is 42.5 Å². The number of rotatable bonds is 4. The summed E-state index contributed by atoms with van der Waals surface area (Å²) in [6, 6.07) is 12.7. The van der Waals surface area contributed by atoms with E-state index >= 15 is 0 Å². The second-order valence-electron chi connectivity index (χ2n) is 6.84. The number of para-hydroxylation sites is 2. The zero-order valence-corrected chi connectivity index (χ0v) is 15.7. The third-order valence-corrected chi connectivity index (χ3v) is 5.02. The largest absolute Gasteiger partial charge is 0.506 e. The molecule has 6 nitrogen and oxygen atoms in total. The minimum Gasteiger partial charge on any atom is -0.506 e. The molecular weight excluding hydrogens is 342 g/mol. The van der Waals surface area contributed by atoms with Crippen molar-refractivity contribution < 1.29 is 14.7 Å². The van der Waals surface area contributed by atoms with E-state index in [2.05, 4.69) is 10.2 Å². The Kier molecular flexibility index (Phi) is 5.64. The van der Waals surface area contributed by atoms with E-state index in [1.165, 1.54) is 0 Å². The Morgan fingerprint density at radius 1 is 1.00 bits per heavy atom. The Morgan fingerprint density at radius 2 is 1.70 bits per heavy atom. The molecule has 0 saturated carbocycles. The third-order valence-electron chi connectivity index (χ3n) is 5.02. The summed E-state index contributed by atoms with van der Waals surface area (Å²) in [6.45, 7) is 6.36. The number of hydrogen-bond donors (Lipinski definition) is 2. The molecule has 0 aliphatic carbocycles. The number of amides is 2. The van der Waals surface area contributed by atoms with Gasteiger partial charge in [0.05, 0.1) is 12.2 Å². The zero-order chi connectivity index (χ0) is 19.4. The van der Waals surface area contributed by atoms with E-state index in [4.69, 9.17) is 0 Å². The smallest absolute Gasteiger partial charge is 0.251 e. The van der Waals surface area contributed by atoms with Crippen LogP contribution >= 0.6 is 0 Å². The van der Waals surface area contributed by atoms with Crippen molar-refractivity contribution in [2.75, 3.05) is 37.6 Å². The number of nitrogens with one attached hydrogen (secondary N) is 1. The Labute approximate surface area is 159 Å². The molecule has 1 heterocycles. The summed E-state index contributed by atoms with van der Waals surface area (Å²) in [5.74, 6) is -0.0821. The summed E-state index contributed by atoms with van der Waals surface area (Å²) in [4.78, 5) is 28.5. The minimum absolute atomic E-state index is 0.0116. The molecule has 1 aliphatic rings. The Balaban J connectivity index is 1.50. The highest BCUT2D eigenvalue weighted by Crippen LogP contribution is 2.27. The average Bonchev–Trinajstić information content (AvgIpc) is 2.68. The van der Waals surface area contributed by atoms with Gasteiger partial charge < -0.3 is 20.2 Å². The van der Waals surface area contributed by atoms with Crippen molar-refractivity contribution in [1.82, 2.24) is 10.2 Å². The van der Waals surface area contributed by atoms with Crippen molar-refractivity contribution in [3.8, 4) is 5.75 Å². The maximum absolute atomic E-state index is 12.4. The van der Waals surface area contributed by atoms with Crippen molar-refractivity contribution in [1.29, 1.82) is 0 Å². The molecule has 1 aliphatic heterocycles. The number of benzene rings is 2. The van der Waals surface area contributed by atoms with Gasteiger partial charge in [0.1, 0.15) is 5.75 Å². The van der Waals surface area contributed by atoms with Crippen LogP contribution in [0.25, 0.3) is 0 Å². The molecule has 0 radical (unpaired) electrons. The molecule has 0 spiro atoms. The van der Waals surface area contributed by atoms with Crippen LogP contribution in [0.1, 0.15) is 21.5 Å². The maximum Gasteiger partial charge on any atom is 0.251 e. The van der Waals surface area contributed by atoms with E-state index in [9.17, 15) is 14.7 Å². The van der Waals surface area contributed by atoms with Gasteiger partial charge in [-0.3, -0.25) is 9.59 Å². The van der Waals surface area contributed by atoms with Crippen LogP contribution in [-0.2, 0) is 4.79 Å². The monoisotopic (exact) mass is 367 g/mol. The molecule has 6 heteroatoms. The predicted molar refractivity (Wildman–Crippen MR) is 105 cm³/mol. The number of aryl methyl sites for hydroxylation is 2. The molecule has 2 aromatic carbocycles. The highest BCUT2D eigenvalue weighted by Gasteiger charge is 2.22. The topological polar surface area (TPSA) is 72.9 Å². The van der Waals surface area contributed by atoms with E-state index in [1.807, 2.05) is 38.1 Å². The summed E-state index contributed by atoms with van der Waals surface area (Å²) in [7, 11) is 0. The number of aromatic hydroxyl groups is 1. The molecule has 1 saturated heterocycles. The Morgan fingerprint density at radius 3 is 2.37 bits per heavy atom. The average molecular weight is 367 g/mol. The molecule has 2 aromatic rings. The quantitative estimate of drug-likeness (QED) is 0.868. The van der Waals surface area contributed by atoms with Gasteiger partial charge >= 0.3 is 0 Å². The number of carbonyl (C=O) groups excluding carboxylic acids is 2. The van der Waals surface area contributed by atoms with Crippen LogP contribution in [-0.4, -0.2) is 54.5 Å². The van der Waals surface area contributed by atoms with Gasteiger partial charge in [0, 0.05) is 31.7 Å². The van der Waals surface area contributed by atoms with Crippen LogP contribution in [0.3, 0.4) is 0 Å². The van der Waals surface area contributed by atoms with Gasteiger partial charge in [-0.25, -0.2) is 0 Å². The summed E-state index contributed by atoms with van der Waals surface area (Å²) in [5, 5.41) is 12.7. The lowest BCUT2D eigenvalue weighted by Gasteiger charge is -2.36. The first-order valence-electron chi connectivity index (χ1n) is 9.12. The molecule has 27 heavy (non-hydrogen) atoms. The molecule has 3 rings (SSSR count). The van der Waals surface area contributed by atoms with Crippen molar-refractivity contribution >= 4 is 17.5 Å². The molecule has 2 amide bonds. The normalized spacial score (nSPS) is 14.1. The fourth-order valence-electron chi connectivity index (χ4n) is 3.18. The number of piperazine rings is 1. The second kappa shape index (κ2) is 8.12. The van der Waals surface area contributed by atoms with Crippen LogP contribution < -0.4 is 10.2 Å². The number of phenols is 1. The minimum atomic E-state index is -0.237. The molecule has 0 atom stereocenters. The van der Waals surface area contributed by atoms with Crippen LogP contribution in [0.5, 0.6) is 5.75 Å². The van der Waals surface area contributed by atoms with Crippen molar-refractivity contribution in [2.45, 2.75) is 13.8 Å². The van der Waals surface area contributed by atoms with Crippen LogP contribution in [0.2, 0.25) is 0 Å². The highest BCUT2D eigenvalue weighted by molar-refractivity contribution is 5.96. The molecule has 0 unspecified atom stereocenters. The number of phenolic OH excluding ortho intramolecular Hbond substituents is 1. The molecule has 0 aromatic heterocycles. The van der Waals surface area contributed by atoms with E-state index < -0.39 is 0 Å². The van der Waals surface area contributed by atoms with Crippen molar-refractivity contribution in [3.05, 3.63) is 59.2 Å². The Bertz CT molecular complexity index is 842. The standard InChI is InChI=1S/C21H25N3O3/c1-15-7-8-17(13-16(15)2)21(27)22-14-20(26)24-11-9-23(10-12-24)18-5-3-4-6-19(18)25/h3-8,13,25H,9-12,14H2,1-2H3,(H,22,27). The predicted octanol–water partition coefficient (Wildman–Crippen LogP) is 2.09. The first-order chi connectivity index (χ1) is 13.0. The maximum atomic E-state index is 12.4. The molecular formula is C21H25N3O3. The SMILES string of the molecule is Cc1ccc(C(=O)NCC(=O)N2CCN(c3ccccc3O)CC2)cc1C. The van der Waals surface area contributed by atoms with Gasteiger partial charge in [0.25, 0.3) is 5.91 Å². The van der Waals surface area contributed by atoms with E-state index in [-0.39, 0.29) is 24.1 Å². The Hall–Kier alpha value is -3.02. The van der Waals surface area contributed by atoms with Crippen molar-refractivity contribution in [3.63, 3.8) is 0 Å². The van der Waals surface area contributed by atoms with E-state index in [1.54, 1.807) is 23.1 Å². The highest BCUT2D eigenvalue weighted by atomic mass is 16.3. The first kappa shape index (κ1) is 18.8. The van der Waals surface area contributed by atoms with E-state index in [0.29, 0.717) is 31.7 Å². The summed E-state index contributed by atoms with van der Waals surface area (Å²) < 4.78 is 0. The lowest BCUT2D eigenvalue weighted by molar-refractivity contribution is -0.130. The number of nitrogens with zero attached hydrogens (tertiary/aromatic N) is 2. The van der Waals surface area contributed by atoms with Gasteiger partial charge in [0.15, 0.2) is 0 Å². The van der Waals surface area contributed by atoms with Gasteiger partial charge in [0.2, 0.25) is 5.91 Å². The van der Waals surface area contributed by atoms with Gasteiger partial charge in [-0.1, -0.05) is 18.2 Å². The van der Waals surface area contributed by atoms with Crippen LogP contribution in [0.4, 0.5) is 5.69 Å². The molecule has 2 N–H and O–H groups in total. The van der Waals surface area contributed by atoms with E-state index in [0.717, 1.165) is 16.8 Å². The molecule has 1 fully saturated rings. The summed E-state index contributed by atoms with van der Waals surface area (Å²) in [5.41, 5.74) is 3.53. The third kappa shape index (κ3) is 4.39. The zero-order valence-electron chi connectivity index (χ0n) is 15.7. The second-order valence-corrected chi connectivity index (χ2v) is 6.84. The fraction of sp³-hybridized carbons (Fsp3) is 0.333. The van der Waals surface area contributed by atoms with Gasteiger partial charge in [-0.15, -0.1) is 0 Å². The summed E-state index contributed by atoms with van der Waals surface area (Å²) in [6.07, 6.45) is 0. The van der Waals surface area contributed by atoms with Crippen LogP contribution in [0, 0.1) is 13.8 Å². The lowest BCUT2D eigenvalue weighted by atomic mass is 10.1. The number of hydrogen-bond acceptors (Lipinski definition) is 4. The summed E-state index contributed by atoms with van der Waals surface area (Å²) >= 11 is 0. The lowest BCUT2D eigenvalue weighted by Crippen LogP contribution is -2.51. The van der Waals surface area contributed by atoms with Gasteiger partial charge in [-0.2, -0.15) is 0 Å². The first-order valence-corrected chi connectivity index (χ1v) is 9.12. The fourth-order valence-corrected chi connectivity index (χ4v) is 3.18. The number of anilines is 1. The molecule has 142 valence electrons.